The Labute approximate surface area is 97.4 Å². The smallest absolute Gasteiger partial charge is 0.0282 e. The summed E-state index contributed by atoms with van der Waals surface area (Å²) in [7, 11) is 0. The van der Waals surface area contributed by atoms with Crippen molar-refractivity contribution in [3.63, 3.8) is 0 Å². The molecule has 2 aromatic rings. The second-order valence-corrected chi connectivity index (χ2v) is 4.63. The molecule has 0 unspecified atom stereocenters. The molecule has 1 atom stereocenters. The minimum Gasteiger partial charge on any atom is -0.324 e. The molecule has 2 heteroatoms. The largest absolute Gasteiger partial charge is 0.324 e. The summed E-state index contributed by atoms with van der Waals surface area (Å²) in [5, 5.41) is 2.54. The lowest BCUT2D eigenvalue weighted by atomic mass is 10.0. The van der Waals surface area contributed by atoms with E-state index < -0.39 is 0 Å². The Bertz CT molecular complexity index is 463. The van der Waals surface area contributed by atoms with Crippen molar-refractivity contribution in [2.75, 3.05) is 0 Å². The molecule has 0 amide bonds. The van der Waals surface area contributed by atoms with Crippen LogP contribution in [0.1, 0.15) is 18.5 Å². The highest BCUT2D eigenvalue weighted by Crippen LogP contribution is 2.27. The fourth-order valence-electron chi connectivity index (χ4n) is 1.73. The summed E-state index contributed by atoms with van der Waals surface area (Å²) in [6.07, 6.45) is 0. The van der Waals surface area contributed by atoms with Crippen molar-refractivity contribution in [3.05, 3.63) is 45.5 Å². The van der Waals surface area contributed by atoms with E-state index in [9.17, 15) is 0 Å². The van der Waals surface area contributed by atoms with Gasteiger partial charge in [0.1, 0.15) is 0 Å². The maximum atomic E-state index is 5.98. The Morgan fingerprint density at radius 2 is 1.86 bits per heavy atom. The highest BCUT2D eigenvalue weighted by atomic mass is 127. The van der Waals surface area contributed by atoms with Crippen molar-refractivity contribution >= 4 is 33.4 Å². The molecule has 0 saturated heterocycles. The van der Waals surface area contributed by atoms with Gasteiger partial charge in [-0.1, -0.05) is 30.3 Å². The molecule has 2 aromatic carbocycles. The highest BCUT2D eigenvalue weighted by Gasteiger charge is 2.08. The Kier molecular flexibility index (Phi) is 2.74. The number of hydrogen-bond donors (Lipinski definition) is 1. The van der Waals surface area contributed by atoms with Gasteiger partial charge in [0, 0.05) is 9.61 Å². The molecule has 0 bridgehead atoms. The minimum atomic E-state index is 0.0907. The fourth-order valence-corrected chi connectivity index (χ4v) is 2.69. The van der Waals surface area contributed by atoms with Gasteiger partial charge in [-0.3, -0.25) is 0 Å². The summed E-state index contributed by atoms with van der Waals surface area (Å²) in [6, 6.07) is 12.7. The van der Waals surface area contributed by atoms with Gasteiger partial charge in [-0.15, -0.1) is 0 Å². The number of halogens is 1. The van der Waals surface area contributed by atoms with E-state index in [4.69, 9.17) is 5.73 Å². The Hall–Kier alpha value is -0.610. The van der Waals surface area contributed by atoms with Crippen molar-refractivity contribution in [1.29, 1.82) is 0 Å². The second kappa shape index (κ2) is 3.87. The summed E-state index contributed by atoms with van der Waals surface area (Å²) in [5.74, 6) is 0. The summed E-state index contributed by atoms with van der Waals surface area (Å²) >= 11 is 2.34. The lowest BCUT2D eigenvalue weighted by Gasteiger charge is -2.12. The molecule has 0 heterocycles. The molecule has 0 aromatic heterocycles. The van der Waals surface area contributed by atoms with E-state index in [1.807, 2.05) is 6.92 Å². The fraction of sp³-hybridized carbons (Fsp3) is 0.167. The van der Waals surface area contributed by atoms with Crippen molar-refractivity contribution in [1.82, 2.24) is 0 Å². The first-order valence-electron chi connectivity index (χ1n) is 4.63. The van der Waals surface area contributed by atoms with Crippen LogP contribution in [-0.4, -0.2) is 0 Å². The van der Waals surface area contributed by atoms with Gasteiger partial charge in [-0.25, -0.2) is 0 Å². The maximum absolute atomic E-state index is 5.98. The van der Waals surface area contributed by atoms with Gasteiger partial charge in [0.05, 0.1) is 0 Å². The molecule has 0 radical (unpaired) electrons. The van der Waals surface area contributed by atoms with Gasteiger partial charge < -0.3 is 5.73 Å². The molecule has 2 rings (SSSR count). The van der Waals surface area contributed by atoms with Crippen LogP contribution in [0, 0.1) is 3.57 Å². The van der Waals surface area contributed by atoms with Crippen molar-refractivity contribution in [3.8, 4) is 0 Å². The van der Waals surface area contributed by atoms with Gasteiger partial charge in [-0.2, -0.15) is 0 Å². The molecular weight excluding hydrogens is 285 g/mol. The molecule has 0 spiro atoms. The molecular formula is C12H12IN. The van der Waals surface area contributed by atoms with Crippen molar-refractivity contribution in [2.45, 2.75) is 13.0 Å². The van der Waals surface area contributed by atoms with Crippen molar-refractivity contribution < 1.29 is 0 Å². The molecule has 0 aliphatic carbocycles. The summed E-state index contributed by atoms with van der Waals surface area (Å²) < 4.78 is 1.25. The van der Waals surface area contributed by atoms with Crippen molar-refractivity contribution in [2.24, 2.45) is 5.73 Å². The SMILES string of the molecule is C[C@H](N)c1c(I)ccc2ccccc12. The van der Waals surface area contributed by atoms with Crippen LogP contribution in [0.5, 0.6) is 0 Å². The highest BCUT2D eigenvalue weighted by molar-refractivity contribution is 14.1. The summed E-state index contributed by atoms with van der Waals surface area (Å²) in [6.45, 7) is 2.03. The monoisotopic (exact) mass is 297 g/mol. The van der Waals surface area contributed by atoms with Crippen LogP contribution in [0.4, 0.5) is 0 Å². The Balaban J connectivity index is 2.83. The summed E-state index contributed by atoms with van der Waals surface area (Å²) in [5.41, 5.74) is 7.23. The van der Waals surface area contributed by atoms with Gasteiger partial charge in [-0.05, 0) is 51.9 Å². The zero-order valence-corrected chi connectivity index (χ0v) is 10.2. The van der Waals surface area contributed by atoms with E-state index in [0.29, 0.717) is 0 Å². The maximum Gasteiger partial charge on any atom is 0.0282 e. The third-order valence-electron chi connectivity index (χ3n) is 2.37. The molecule has 0 saturated carbocycles. The van der Waals surface area contributed by atoms with Gasteiger partial charge in [0.25, 0.3) is 0 Å². The van der Waals surface area contributed by atoms with Gasteiger partial charge >= 0.3 is 0 Å². The first-order valence-corrected chi connectivity index (χ1v) is 5.71. The number of nitrogens with two attached hydrogens (primary N) is 1. The third kappa shape index (κ3) is 1.64. The Morgan fingerprint density at radius 1 is 1.14 bits per heavy atom. The van der Waals surface area contributed by atoms with Crippen LogP contribution in [-0.2, 0) is 0 Å². The molecule has 14 heavy (non-hydrogen) atoms. The van der Waals surface area contributed by atoms with Gasteiger partial charge in [0.15, 0.2) is 0 Å². The lowest BCUT2D eigenvalue weighted by molar-refractivity contribution is 0.821. The van der Waals surface area contributed by atoms with Crippen LogP contribution in [0.25, 0.3) is 10.8 Å². The zero-order valence-electron chi connectivity index (χ0n) is 8.00. The molecule has 0 fully saturated rings. The molecule has 0 aliphatic heterocycles. The first-order chi connectivity index (χ1) is 6.70. The lowest BCUT2D eigenvalue weighted by Crippen LogP contribution is -2.07. The quantitative estimate of drug-likeness (QED) is 0.801. The number of benzene rings is 2. The summed E-state index contributed by atoms with van der Waals surface area (Å²) in [4.78, 5) is 0. The van der Waals surface area contributed by atoms with E-state index in [-0.39, 0.29) is 6.04 Å². The molecule has 1 nitrogen and oxygen atoms in total. The van der Waals surface area contributed by atoms with Gasteiger partial charge in [0.2, 0.25) is 0 Å². The second-order valence-electron chi connectivity index (χ2n) is 3.47. The van der Waals surface area contributed by atoms with Crippen LogP contribution < -0.4 is 5.73 Å². The van der Waals surface area contributed by atoms with Crippen LogP contribution in [0.2, 0.25) is 0 Å². The van der Waals surface area contributed by atoms with Crippen LogP contribution in [0.3, 0.4) is 0 Å². The Morgan fingerprint density at radius 3 is 2.57 bits per heavy atom. The van der Waals surface area contributed by atoms with E-state index in [2.05, 4.69) is 59.0 Å². The third-order valence-corrected chi connectivity index (χ3v) is 3.31. The van der Waals surface area contributed by atoms with Crippen LogP contribution >= 0.6 is 22.6 Å². The van der Waals surface area contributed by atoms with E-state index in [0.717, 1.165) is 0 Å². The molecule has 0 aliphatic rings. The average molecular weight is 297 g/mol. The average Bonchev–Trinajstić information content (AvgIpc) is 2.17. The van der Waals surface area contributed by atoms with E-state index in [1.165, 1.54) is 19.9 Å². The molecule has 2 N–H and O–H groups in total. The predicted octanol–water partition coefficient (Wildman–Crippen LogP) is 3.46. The van der Waals surface area contributed by atoms with Crippen LogP contribution in [0.15, 0.2) is 36.4 Å². The van der Waals surface area contributed by atoms with E-state index in [1.54, 1.807) is 0 Å². The van der Waals surface area contributed by atoms with E-state index >= 15 is 0 Å². The minimum absolute atomic E-state index is 0.0907. The molecule has 72 valence electrons. The number of fused-ring (bicyclic) bond motifs is 1. The predicted molar refractivity (Wildman–Crippen MR) is 69.3 cm³/mol. The number of hydrogen-bond acceptors (Lipinski definition) is 1. The standard InChI is InChI=1S/C12H12IN/c1-8(14)12-10-5-3-2-4-9(10)6-7-11(12)13/h2-8H,14H2,1H3/t8-/m0/s1. The zero-order chi connectivity index (χ0) is 10.1. The number of rotatable bonds is 1. The first kappa shape index (κ1) is 9.93. The normalized spacial score (nSPS) is 13.1. The topological polar surface area (TPSA) is 26.0 Å².